The Morgan fingerprint density at radius 2 is 1.51 bits per heavy atom. The highest BCUT2D eigenvalue weighted by Gasteiger charge is 2.53. The number of likely N-dealkylation sites (tertiary alicyclic amines) is 1. The van der Waals surface area contributed by atoms with Gasteiger partial charge in [0.1, 0.15) is 52.9 Å². The van der Waals surface area contributed by atoms with Gasteiger partial charge in [-0.05, 0) is 171 Å². The molecule has 5 amide bonds. The highest BCUT2D eigenvalue weighted by atomic mass is 32.2. The molecule has 0 saturated carbocycles. The number of nitrogen functional groups attached to an aromatic ring is 1. The summed E-state index contributed by atoms with van der Waals surface area (Å²) in [6.45, 7) is 17.2. The molecule has 1 aliphatic carbocycles. The van der Waals surface area contributed by atoms with Gasteiger partial charge in [-0.3, -0.25) is 62.4 Å². The van der Waals surface area contributed by atoms with Crippen molar-refractivity contribution in [1.82, 2.24) is 59.8 Å². The van der Waals surface area contributed by atoms with Crippen LogP contribution < -0.4 is 47.4 Å². The minimum absolute atomic E-state index is 0.00363. The monoisotopic (exact) mass is 1980 g/mol. The number of halogens is 2. The van der Waals surface area contributed by atoms with Gasteiger partial charge in [0, 0.05) is 163 Å². The summed E-state index contributed by atoms with van der Waals surface area (Å²) in [7, 11) is -14.3. The van der Waals surface area contributed by atoms with Crippen LogP contribution in [0.4, 0.5) is 26.0 Å². The van der Waals surface area contributed by atoms with Crippen molar-refractivity contribution in [3.63, 3.8) is 0 Å². The Hall–Kier alpha value is -12.3. The first-order valence-electron chi connectivity index (χ1n) is 44.3. The van der Waals surface area contributed by atoms with E-state index in [1.807, 2.05) is 90.3 Å². The average molecular weight is 1980 g/mol. The molecule has 5 aliphatic rings. The number of Topliss-reactive ketones (excluding diaryl/α,β-unsaturated/α-hetero) is 2. The number of nitrogens with two attached hydrogens (primary N) is 1. The maximum atomic E-state index is 16.4. The summed E-state index contributed by atoms with van der Waals surface area (Å²) in [5, 5.41) is 42.3. The van der Waals surface area contributed by atoms with Crippen LogP contribution in [-0.2, 0) is 80.2 Å². The number of nitrogens with zero attached hydrogens (tertiary/aromatic N) is 10. The zero-order valence-corrected chi connectivity index (χ0v) is 81.8. The third-order valence-corrected chi connectivity index (χ3v) is 37.6. The molecule has 4 aliphatic heterocycles. The lowest BCUT2D eigenvalue weighted by Crippen LogP contribution is -2.51. The van der Waals surface area contributed by atoms with E-state index in [1.165, 1.54) is 78.9 Å². The molecular formula is C90H108BF2N16O21S4Si2+. The van der Waals surface area contributed by atoms with Crippen LogP contribution in [0.5, 0.6) is 0 Å². The van der Waals surface area contributed by atoms with Crippen molar-refractivity contribution in [2.75, 3.05) is 72.1 Å². The number of aromatic amines is 1. The Balaban J connectivity index is 0.635. The molecule has 37 nitrogen and oxygen atoms in total. The number of H-pyrrole nitrogens is 1. The normalized spacial score (nSPS) is 15.2. The number of allylic oxidation sites excluding steroid dienone is 2. The van der Waals surface area contributed by atoms with Crippen LogP contribution in [0.25, 0.3) is 50.7 Å². The van der Waals surface area contributed by atoms with E-state index in [0.717, 1.165) is 42.7 Å². The molecule has 12 rings (SSSR count). The van der Waals surface area contributed by atoms with Gasteiger partial charge in [-0.1, -0.05) is 17.8 Å². The van der Waals surface area contributed by atoms with E-state index in [2.05, 4.69) is 60.6 Å². The number of imide groups is 1. The standard InChI is InChI=1S/C90H107BF2N16O21S4Si2/c1-11-105(12-2)61-22-27-66-73(41-61)129-74-42-62(106(13-3)14-4)23-28-67(74)80(66)68-29-26-65(43-76(68)134(126,127)128)133(124,125)34-32-54-45-98-90(99-46-54)132-51-136(9,10)130-135(7,8)35-15-33-107-78(113)44-75(86(107)119)131-50-57(87(120)121)38-72(111)70(49-96-77(112)31-24-60-20-21-63-40-71-52(5)36-53(6)108(71)91(92,93)109(60)63)102-84(117)56(39-79(114)115)37-64(110)25-30-69(88(122)123)101-83(116)55-16-18-58(19-17-55)95-47-59-48-97-82-81(100-59)85(118)104-89(94)103-82/h16-23,26-29,36,40-43,45-46,48,56-57,69-70,75H,11-15,24-25,30-35,37-39,44,47,49-51H2,1-10H3,(H10-,94,95,96,97,101,102,103,104,112,114,115,116,117,118,120,121,122,123,126,127,128)/p+1/t56-,57-,69-,70-,75?/m0/s1. The first-order valence-corrected chi connectivity index (χ1v) is 55.6. The van der Waals surface area contributed by atoms with Crippen LogP contribution in [0.2, 0.25) is 32.2 Å². The Labute approximate surface area is 792 Å². The zero-order valence-electron chi connectivity index (χ0n) is 76.5. The van der Waals surface area contributed by atoms with E-state index in [0.29, 0.717) is 111 Å². The fourth-order valence-electron chi connectivity index (χ4n) is 17.0. The quantitative estimate of drug-likeness (QED) is 0.00323. The number of hydrogen-bond donors (Lipinski definition) is 10. The number of sulfone groups is 1. The molecule has 8 heterocycles. The van der Waals surface area contributed by atoms with E-state index in [4.69, 9.17) is 14.3 Å². The highest BCUT2D eigenvalue weighted by Crippen LogP contribution is 2.45. The molecule has 11 N–H and O–H groups in total. The Bertz CT molecular complexity index is 6650. The molecule has 4 aromatic heterocycles. The van der Waals surface area contributed by atoms with Gasteiger partial charge in [-0.25, -0.2) is 37.7 Å². The van der Waals surface area contributed by atoms with Crippen molar-refractivity contribution in [3.05, 3.63) is 171 Å². The van der Waals surface area contributed by atoms with Gasteiger partial charge >= 0.3 is 24.9 Å². The average Bonchev–Trinajstić information content (AvgIpc) is 1.44. The second-order valence-electron chi connectivity index (χ2n) is 34.7. The fourth-order valence-corrected chi connectivity index (χ4v) is 30.7. The Morgan fingerprint density at radius 1 is 0.801 bits per heavy atom. The Kier molecular flexibility index (Phi) is 32.7. The van der Waals surface area contributed by atoms with Gasteiger partial charge in [-0.2, -0.15) is 13.4 Å². The van der Waals surface area contributed by atoms with Crippen LogP contribution in [0.3, 0.4) is 0 Å². The molecule has 1 unspecified atom stereocenters. The van der Waals surface area contributed by atoms with Crippen LogP contribution in [0, 0.1) is 25.7 Å². The summed E-state index contributed by atoms with van der Waals surface area (Å²) >= 11 is 2.16. The number of anilines is 3. The number of amides is 5. The highest BCUT2D eigenvalue weighted by molar-refractivity contribution is 8.01. The number of carboxylic acid groups (broad SMARTS) is 3. The topological polar surface area (TPSA) is 531 Å². The minimum atomic E-state index is -5.05. The number of nitrogens with one attached hydrogen (secondary N) is 5. The van der Waals surface area contributed by atoms with Gasteiger partial charge < -0.3 is 73.3 Å². The molecule has 46 heteroatoms. The minimum Gasteiger partial charge on any atom is -0.481 e. The molecule has 0 bridgehead atoms. The number of rotatable bonds is 47. The number of aliphatic carboxylic acids is 3. The zero-order chi connectivity index (χ0) is 98.8. The van der Waals surface area contributed by atoms with Crippen molar-refractivity contribution in [3.8, 4) is 22.5 Å². The van der Waals surface area contributed by atoms with E-state index >= 15 is 8.63 Å². The number of benzene rings is 4. The second-order valence-corrected chi connectivity index (χ2v) is 49.6. The first-order chi connectivity index (χ1) is 64.3. The predicted molar refractivity (Wildman–Crippen MR) is 514 cm³/mol. The van der Waals surface area contributed by atoms with E-state index in [-0.39, 0.29) is 76.9 Å². The summed E-state index contributed by atoms with van der Waals surface area (Å²) in [5.41, 5.74) is 10.2. The summed E-state index contributed by atoms with van der Waals surface area (Å²) < 4.78 is 116. The molecular weight excluding hydrogens is 1870 g/mol. The van der Waals surface area contributed by atoms with Crippen LogP contribution in [0.15, 0.2) is 146 Å². The Morgan fingerprint density at radius 3 is 2.19 bits per heavy atom. The van der Waals surface area contributed by atoms with Crippen LogP contribution in [0.1, 0.15) is 124 Å². The molecule has 5 atom stereocenters. The van der Waals surface area contributed by atoms with Gasteiger partial charge in [0.15, 0.2) is 54.3 Å². The molecule has 7 aromatic rings. The van der Waals surface area contributed by atoms with E-state index in [1.54, 1.807) is 26.0 Å². The third kappa shape index (κ3) is 24.9. The molecule has 3 aromatic carbocycles. The third-order valence-electron chi connectivity index (χ3n) is 23.8. The lowest BCUT2D eigenvalue weighted by atomic mass is 9.90. The SMILES string of the molecule is CCN(CC)c1ccc2c(-c3ccc(S(=O)(=O)CCc4cnc(SC[Si](C)(C)O[Si](C)(C)CCCN5C(=O)CC(SC[C@H](CC(=O)[C@H](CNC(=O)CCC6=[N+]7C(=Cc8c(C)cc(C)n8[B-]7(F)F)C=C6)NC(=O)[C@H](CC(=O)O)CC(=O)CC[C@H](NC(=O)c6ccc(NCc7cnc8nc(N)[nH]c(=O)c8n7)cc6)C(=O)O)C(=O)O)C5=O)nc4)cc3S(=O)(=O)O)c3ccc(=[N+](CC)CC)cc-3oc2c1. The van der Waals surface area contributed by atoms with Crippen LogP contribution in [-0.4, -0.2) is 242 Å². The maximum absolute atomic E-state index is 16.4. The van der Waals surface area contributed by atoms with Gasteiger partial charge in [-0.15, -0.1) is 11.8 Å². The van der Waals surface area contributed by atoms with E-state index in [9.17, 15) is 89.4 Å². The molecule has 0 spiro atoms. The molecule has 1 saturated heterocycles. The summed E-state index contributed by atoms with van der Waals surface area (Å²) in [6.07, 6.45) is 4.28. The lowest BCUT2D eigenvalue weighted by Gasteiger charge is -2.34. The number of aromatic nitrogens is 7. The summed E-state index contributed by atoms with van der Waals surface area (Å²) in [6, 6.07) is 19.3. The maximum Gasteiger partial charge on any atom is 0.737 e. The first kappa shape index (κ1) is 103. The number of fused-ring (bicyclic) bond motifs is 5. The molecule has 0 radical (unpaired) electrons. The largest absolute Gasteiger partial charge is 0.737 e. The van der Waals surface area contributed by atoms with Gasteiger partial charge in [0.05, 0.1) is 58.7 Å². The summed E-state index contributed by atoms with van der Waals surface area (Å²) in [5.74, 6) is -14.5. The molecule has 136 heavy (non-hydrogen) atoms. The number of carbonyl (C=O) groups excluding carboxylic acids is 7. The number of carbonyl (C=O) groups is 10. The number of hydrogen-bond acceptors (Lipinski definition) is 27. The number of aryl methyl sites for hydroxylation is 3. The lowest BCUT2D eigenvalue weighted by molar-refractivity contribution is -0.362. The van der Waals surface area contributed by atoms with Crippen molar-refractivity contribution in [2.24, 2.45) is 11.8 Å². The molecule has 1 fully saturated rings. The molecule has 722 valence electrons. The van der Waals surface area contributed by atoms with Crippen molar-refractivity contribution < 1.29 is 106 Å². The smallest absolute Gasteiger partial charge is 0.481 e. The predicted octanol–water partition coefficient (Wildman–Crippen LogP) is 8.92. The van der Waals surface area contributed by atoms with Crippen molar-refractivity contribution in [1.29, 1.82) is 0 Å². The van der Waals surface area contributed by atoms with Crippen molar-refractivity contribution >= 4 is 177 Å². The number of thioether (sulfide) groups is 2. The van der Waals surface area contributed by atoms with Crippen LogP contribution >= 0.6 is 23.5 Å². The summed E-state index contributed by atoms with van der Waals surface area (Å²) in [4.78, 5) is 174. The van der Waals surface area contributed by atoms with Gasteiger partial charge in [0.2, 0.25) is 34.9 Å². The fraction of sp³-hybridized carbons (Fsp3) is 0.400. The van der Waals surface area contributed by atoms with Crippen molar-refractivity contribution in [2.45, 2.75) is 177 Å². The number of ketones is 2. The number of carboxylic acids is 3. The van der Waals surface area contributed by atoms with E-state index < -0.39 is 199 Å². The second kappa shape index (κ2) is 43.3. The van der Waals surface area contributed by atoms with Gasteiger partial charge in [0.25, 0.3) is 21.6 Å².